The van der Waals surface area contributed by atoms with Crippen LogP contribution in [0.2, 0.25) is 10.0 Å². The minimum absolute atomic E-state index is 0.155. The summed E-state index contributed by atoms with van der Waals surface area (Å²) < 4.78 is 0. The molecule has 2 rings (SSSR count). The molecule has 0 spiro atoms. The first kappa shape index (κ1) is 17.3. The largest absolute Gasteiger partial charge is 0.394 e. The molecule has 6 nitrogen and oxygen atoms in total. The second kappa shape index (κ2) is 7.45. The first-order chi connectivity index (χ1) is 11.0. The monoisotopic (exact) mass is 349 g/mol. The Morgan fingerprint density at radius 1 is 1.39 bits per heavy atom. The van der Waals surface area contributed by atoms with E-state index in [4.69, 9.17) is 34.0 Å². The van der Waals surface area contributed by atoms with Crippen LogP contribution >= 0.6 is 23.2 Å². The van der Waals surface area contributed by atoms with Crippen molar-refractivity contribution in [3.63, 3.8) is 0 Å². The summed E-state index contributed by atoms with van der Waals surface area (Å²) in [7, 11) is 0. The van der Waals surface area contributed by atoms with Crippen molar-refractivity contribution in [3.05, 3.63) is 39.4 Å². The fourth-order valence-corrected chi connectivity index (χ4v) is 2.72. The first-order valence-electron chi connectivity index (χ1n) is 6.70. The zero-order valence-corrected chi connectivity index (χ0v) is 13.5. The van der Waals surface area contributed by atoms with Crippen LogP contribution < -0.4 is 5.73 Å². The molecule has 0 aliphatic carbocycles. The molecule has 0 saturated carbocycles. The first-order valence-corrected chi connectivity index (χ1v) is 7.46. The quantitative estimate of drug-likeness (QED) is 0.807. The van der Waals surface area contributed by atoms with Gasteiger partial charge in [-0.2, -0.15) is 15.6 Å². The smallest absolute Gasteiger partial charge is 0.126 e. The molecule has 1 aliphatic rings. The molecule has 0 radical (unpaired) electrons. The second-order valence-electron chi connectivity index (χ2n) is 4.77. The zero-order chi connectivity index (χ0) is 17.0. The summed E-state index contributed by atoms with van der Waals surface area (Å²) >= 11 is 12.2. The van der Waals surface area contributed by atoms with E-state index in [2.05, 4.69) is 5.10 Å². The predicted octanol–water partition coefficient (Wildman–Crippen LogP) is 1.99. The van der Waals surface area contributed by atoms with E-state index in [0.717, 1.165) is 0 Å². The maximum Gasteiger partial charge on any atom is 0.126 e. The Balaban J connectivity index is 2.48. The van der Waals surface area contributed by atoms with Gasteiger partial charge in [-0.05, 0) is 18.2 Å². The Morgan fingerprint density at radius 3 is 2.57 bits per heavy atom. The van der Waals surface area contributed by atoms with Gasteiger partial charge in [0.25, 0.3) is 0 Å². The van der Waals surface area contributed by atoms with Crippen LogP contribution in [0.4, 0.5) is 0 Å². The predicted molar refractivity (Wildman–Crippen MR) is 88.4 cm³/mol. The van der Waals surface area contributed by atoms with E-state index < -0.39 is 12.1 Å². The molecule has 1 aromatic rings. The molecule has 1 aliphatic heterocycles. The van der Waals surface area contributed by atoms with Crippen molar-refractivity contribution in [2.45, 2.75) is 6.17 Å². The molecule has 0 aromatic heterocycles. The second-order valence-corrected chi connectivity index (χ2v) is 5.59. The van der Waals surface area contributed by atoms with E-state index >= 15 is 0 Å². The zero-order valence-electron chi connectivity index (χ0n) is 11.9. The molecule has 0 bridgehead atoms. The molecule has 0 amide bonds. The standard InChI is InChI=1S/C15H13Cl2N5O/c16-12-2-1-3-13(17)10(12)6-9(7-18)14-11(8-19)15(20)22(21-14)4-5-23/h1-3,6,11,15,23H,4-5,20H2. The van der Waals surface area contributed by atoms with Crippen LogP contribution in [-0.2, 0) is 0 Å². The number of β-amino-alcohol motifs (C(OH)–C–C–N with tert-alkyl or cyclic N) is 1. The van der Waals surface area contributed by atoms with Gasteiger partial charge in [-0.25, -0.2) is 0 Å². The summed E-state index contributed by atoms with van der Waals surface area (Å²) in [6, 6.07) is 9.05. The third-order valence-electron chi connectivity index (χ3n) is 3.37. The van der Waals surface area contributed by atoms with Gasteiger partial charge < -0.3 is 10.8 Å². The van der Waals surface area contributed by atoms with E-state index in [9.17, 15) is 10.5 Å². The minimum atomic E-state index is -0.784. The highest BCUT2D eigenvalue weighted by atomic mass is 35.5. The summed E-state index contributed by atoms with van der Waals surface area (Å²) in [4.78, 5) is 0. The number of aliphatic hydroxyl groups excluding tert-OH is 1. The van der Waals surface area contributed by atoms with Crippen molar-refractivity contribution in [3.8, 4) is 12.1 Å². The van der Waals surface area contributed by atoms with Crippen molar-refractivity contribution in [2.75, 3.05) is 13.2 Å². The number of hydrogen-bond acceptors (Lipinski definition) is 6. The molecule has 2 unspecified atom stereocenters. The number of rotatable bonds is 4. The molecule has 1 aromatic carbocycles. The molecule has 23 heavy (non-hydrogen) atoms. The Labute approximate surface area is 143 Å². The number of allylic oxidation sites excluding steroid dienone is 1. The number of benzene rings is 1. The third kappa shape index (κ3) is 3.47. The van der Waals surface area contributed by atoms with Crippen molar-refractivity contribution in [1.29, 1.82) is 10.5 Å². The number of nitrogens with two attached hydrogens (primary N) is 1. The maximum atomic E-state index is 9.44. The molecule has 0 fully saturated rings. The van der Waals surface area contributed by atoms with Gasteiger partial charge in [0.05, 0.1) is 30.5 Å². The lowest BCUT2D eigenvalue weighted by Crippen LogP contribution is -2.41. The molecule has 2 atom stereocenters. The van der Waals surface area contributed by atoms with Gasteiger partial charge in [0.2, 0.25) is 0 Å². The van der Waals surface area contributed by atoms with Crippen molar-refractivity contribution >= 4 is 35.0 Å². The number of aliphatic hydroxyl groups is 1. The molecule has 0 saturated heterocycles. The van der Waals surface area contributed by atoms with E-state index in [1.165, 1.54) is 11.1 Å². The van der Waals surface area contributed by atoms with E-state index in [1.807, 2.05) is 12.1 Å². The van der Waals surface area contributed by atoms with E-state index in [-0.39, 0.29) is 24.4 Å². The SMILES string of the molecule is N#CC(=Cc1c(Cl)cccc1Cl)C1=NN(CCO)C(N)C1C#N. The summed E-state index contributed by atoms with van der Waals surface area (Å²) in [6.45, 7) is 0.0129. The highest BCUT2D eigenvalue weighted by molar-refractivity contribution is 6.37. The maximum absolute atomic E-state index is 9.44. The van der Waals surface area contributed by atoms with Crippen molar-refractivity contribution in [1.82, 2.24) is 5.01 Å². The van der Waals surface area contributed by atoms with Gasteiger partial charge in [-0.3, -0.25) is 5.01 Å². The Kier molecular flexibility index (Phi) is 5.59. The molecular weight excluding hydrogens is 337 g/mol. The van der Waals surface area contributed by atoms with Crippen LogP contribution in [0.1, 0.15) is 5.56 Å². The Bertz CT molecular complexity index is 727. The highest BCUT2D eigenvalue weighted by Crippen LogP contribution is 2.29. The molecule has 118 valence electrons. The summed E-state index contributed by atoms with van der Waals surface area (Å²) in [5.41, 5.74) is 6.82. The van der Waals surface area contributed by atoms with Crippen LogP contribution in [0.25, 0.3) is 6.08 Å². The Morgan fingerprint density at radius 2 is 2.04 bits per heavy atom. The molecule has 8 heteroatoms. The fourth-order valence-electron chi connectivity index (χ4n) is 2.22. The number of hydrogen-bond donors (Lipinski definition) is 2. The average Bonchev–Trinajstić information content (AvgIpc) is 2.84. The average molecular weight is 350 g/mol. The lowest BCUT2D eigenvalue weighted by Gasteiger charge is -2.19. The topological polar surface area (TPSA) is 109 Å². The Hall–Kier alpha value is -2.09. The summed E-state index contributed by atoms with van der Waals surface area (Å²) in [5.74, 6) is -0.784. The molecule has 1 heterocycles. The number of hydrazone groups is 1. The van der Waals surface area contributed by atoms with Crippen LogP contribution in [0.5, 0.6) is 0 Å². The van der Waals surface area contributed by atoms with Crippen molar-refractivity contribution < 1.29 is 5.11 Å². The van der Waals surface area contributed by atoms with Crippen LogP contribution in [0, 0.1) is 28.6 Å². The van der Waals surface area contributed by atoms with Gasteiger partial charge in [-0.1, -0.05) is 29.3 Å². The van der Waals surface area contributed by atoms with Crippen LogP contribution in [0.15, 0.2) is 28.9 Å². The van der Waals surface area contributed by atoms with E-state index in [0.29, 0.717) is 15.6 Å². The van der Waals surface area contributed by atoms with Gasteiger partial charge in [0.1, 0.15) is 18.2 Å². The van der Waals surface area contributed by atoms with Gasteiger partial charge >= 0.3 is 0 Å². The third-order valence-corrected chi connectivity index (χ3v) is 4.03. The lowest BCUT2D eigenvalue weighted by molar-refractivity contribution is 0.165. The van der Waals surface area contributed by atoms with Crippen molar-refractivity contribution in [2.24, 2.45) is 16.8 Å². The number of nitrogens with zero attached hydrogens (tertiary/aromatic N) is 4. The van der Waals surface area contributed by atoms with Crippen LogP contribution in [0.3, 0.4) is 0 Å². The van der Waals surface area contributed by atoms with Gasteiger partial charge in [-0.15, -0.1) is 0 Å². The van der Waals surface area contributed by atoms with Crippen LogP contribution in [-0.4, -0.2) is 35.1 Å². The molecule has 3 N–H and O–H groups in total. The van der Waals surface area contributed by atoms with E-state index in [1.54, 1.807) is 18.2 Å². The normalized spacial score (nSPS) is 20.9. The summed E-state index contributed by atoms with van der Waals surface area (Å²) in [5, 5.41) is 34.2. The number of halogens is 2. The lowest BCUT2D eigenvalue weighted by atomic mass is 9.95. The number of nitriles is 2. The fraction of sp³-hybridized carbons (Fsp3) is 0.267. The van der Waals surface area contributed by atoms with Gasteiger partial charge in [0.15, 0.2) is 0 Å². The van der Waals surface area contributed by atoms with Gasteiger partial charge in [0, 0.05) is 15.6 Å². The summed E-state index contributed by atoms with van der Waals surface area (Å²) in [6.07, 6.45) is 0.767. The highest BCUT2D eigenvalue weighted by Gasteiger charge is 2.36. The minimum Gasteiger partial charge on any atom is -0.394 e. The molecular formula is C15H13Cl2N5O.